The van der Waals surface area contributed by atoms with Crippen molar-refractivity contribution in [3.8, 4) is 0 Å². The van der Waals surface area contributed by atoms with Gasteiger partial charge >= 0.3 is 11.7 Å². The van der Waals surface area contributed by atoms with Crippen molar-refractivity contribution in [1.29, 1.82) is 0 Å². The van der Waals surface area contributed by atoms with E-state index in [0.29, 0.717) is 26.2 Å². The van der Waals surface area contributed by atoms with Crippen LogP contribution in [0, 0.1) is 17.0 Å². The smallest absolute Gasteiger partial charge is 0.339 e. The lowest BCUT2D eigenvalue weighted by Crippen LogP contribution is -2.50. The fourth-order valence-corrected chi connectivity index (χ4v) is 2.82. The molecule has 0 aromatic carbocycles. The normalized spacial score (nSPS) is 17.9. The lowest BCUT2D eigenvalue weighted by Gasteiger charge is -2.35. The second-order valence-electron chi connectivity index (χ2n) is 5.46. The number of carboxylic acids is 1. The minimum atomic E-state index is -1.23. The van der Waals surface area contributed by atoms with Gasteiger partial charge in [0, 0.05) is 32.2 Å². The molecule has 0 saturated carbocycles. The van der Waals surface area contributed by atoms with Crippen molar-refractivity contribution in [2.75, 3.05) is 36.4 Å². The van der Waals surface area contributed by atoms with E-state index < -0.39 is 10.9 Å². The number of aromatic nitrogens is 1. The quantitative estimate of drug-likeness (QED) is 0.546. The Morgan fingerprint density at radius 2 is 2.30 bits per heavy atom. The Labute approximate surface area is 133 Å². The summed E-state index contributed by atoms with van der Waals surface area (Å²) < 4.78 is 0. The van der Waals surface area contributed by atoms with Crippen LogP contribution in [0.4, 0.5) is 17.2 Å². The number of hydrogen-bond donors (Lipinski definition) is 3. The number of piperazine rings is 1. The van der Waals surface area contributed by atoms with Gasteiger partial charge in [-0.2, -0.15) is 0 Å². The molecular weight excluding hydrogens is 302 g/mol. The summed E-state index contributed by atoms with van der Waals surface area (Å²) in [7, 11) is 0. The monoisotopic (exact) mass is 323 g/mol. The summed E-state index contributed by atoms with van der Waals surface area (Å²) in [5.74, 6) is -1.00. The van der Waals surface area contributed by atoms with E-state index in [2.05, 4.69) is 15.6 Å². The first-order valence-electron chi connectivity index (χ1n) is 7.52. The highest BCUT2D eigenvalue weighted by Crippen LogP contribution is 2.39. The summed E-state index contributed by atoms with van der Waals surface area (Å²) in [5.41, 5.74) is -0.133. The molecule has 9 heteroatoms. The van der Waals surface area contributed by atoms with E-state index in [4.69, 9.17) is 0 Å². The standard InChI is InChI=1S/C14H21N5O4/c1-4-16-11-10(14(20)21)9(3)17-13(12(11)19(22)23)18-6-5-15-7-8(18)2/h8,15H,4-7H2,1-3H3,(H,16,17)(H,20,21). The number of carboxylic acid groups (broad SMARTS) is 1. The Hall–Kier alpha value is -2.42. The highest BCUT2D eigenvalue weighted by Gasteiger charge is 2.34. The molecular formula is C14H21N5O4. The number of nitro groups is 1. The molecule has 23 heavy (non-hydrogen) atoms. The number of anilines is 2. The molecule has 2 heterocycles. The van der Waals surface area contributed by atoms with Crippen LogP contribution in [0.3, 0.4) is 0 Å². The molecule has 1 saturated heterocycles. The van der Waals surface area contributed by atoms with Gasteiger partial charge in [0.05, 0.1) is 10.6 Å². The van der Waals surface area contributed by atoms with Gasteiger partial charge in [-0.05, 0) is 20.8 Å². The molecule has 3 N–H and O–H groups in total. The molecule has 1 aromatic heterocycles. The topological polar surface area (TPSA) is 121 Å². The molecule has 1 fully saturated rings. The van der Waals surface area contributed by atoms with Crippen LogP contribution in [-0.4, -0.2) is 53.2 Å². The van der Waals surface area contributed by atoms with Crippen LogP contribution in [-0.2, 0) is 0 Å². The fourth-order valence-electron chi connectivity index (χ4n) is 2.82. The summed E-state index contributed by atoms with van der Waals surface area (Å²) in [6.07, 6.45) is 0. The molecule has 0 amide bonds. The zero-order valence-corrected chi connectivity index (χ0v) is 13.4. The van der Waals surface area contributed by atoms with Crippen molar-refractivity contribution in [3.05, 3.63) is 21.4 Å². The molecule has 1 aliphatic rings. The van der Waals surface area contributed by atoms with Crippen molar-refractivity contribution in [2.45, 2.75) is 26.8 Å². The molecule has 0 radical (unpaired) electrons. The van der Waals surface area contributed by atoms with E-state index in [1.54, 1.807) is 13.8 Å². The van der Waals surface area contributed by atoms with Crippen molar-refractivity contribution in [2.24, 2.45) is 0 Å². The largest absolute Gasteiger partial charge is 0.478 e. The second kappa shape index (κ2) is 6.78. The maximum atomic E-state index is 11.6. The Kier molecular flexibility index (Phi) is 4.99. The summed E-state index contributed by atoms with van der Waals surface area (Å²) in [5, 5.41) is 27.1. The number of pyridine rings is 1. The van der Waals surface area contributed by atoms with Crippen molar-refractivity contribution < 1.29 is 14.8 Å². The van der Waals surface area contributed by atoms with Crippen molar-refractivity contribution >= 4 is 23.2 Å². The van der Waals surface area contributed by atoms with E-state index in [-0.39, 0.29) is 34.5 Å². The number of carbonyl (C=O) groups is 1. The predicted octanol–water partition coefficient (Wildman–Crippen LogP) is 1.23. The van der Waals surface area contributed by atoms with Crippen LogP contribution in [0.1, 0.15) is 29.9 Å². The number of aryl methyl sites for hydroxylation is 1. The van der Waals surface area contributed by atoms with E-state index in [1.165, 1.54) is 0 Å². The van der Waals surface area contributed by atoms with E-state index in [9.17, 15) is 20.0 Å². The van der Waals surface area contributed by atoms with Crippen LogP contribution in [0.15, 0.2) is 0 Å². The third kappa shape index (κ3) is 3.19. The molecule has 2 rings (SSSR count). The van der Waals surface area contributed by atoms with Gasteiger partial charge in [-0.1, -0.05) is 0 Å². The first kappa shape index (κ1) is 16.9. The van der Waals surface area contributed by atoms with Crippen LogP contribution in [0.5, 0.6) is 0 Å². The van der Waals surface area contributed by atoms with Gasteiger partial charge in [0.15, 0.2) is 0 Å². The van der Waals surface area contributed by atoms with Gasteiger partial charge in [0.2, 0.25) is 5.82 Å². The molecule has 1 aromatic rings. The van der Waals surface area contributed by atoms with Gasteiger partial charge in [0.1, 0.15) is 11.3 Å². The Morgan fingerprint density at radius 1 is 1.61 bits per heavy atom. The number of aromatic carboxylic acids is 1. The zero-order valence-electron chi connectivity index (χ0n) is 13.4. The summed E-state index contributed by atoms with van der Waals surface area (Å²) in [4.78, 5) is 28.7. The number of hydrogen-bond acceptors (Lipinski definition) is 7. The maximum absolute atomic E-state index is 11.6. The van der Waals surface area contributed by atoms with Gasteiger partial charge in [0.25, 0.3) is 0 Å². The number of rotatable bonds is 5. The Balaban J connectivity index is 2.71. The van der Waals surface area contributed by atoms with Crippen LogP contribution >= 0.6 is 0 Å². The van der Waals surface area contributed by atoms with E-state index in [1.807, 2.05) is 11.8 Å². The zero-order chi connectivity index (χ0) is 17.1. The molecule has 1 atom stereocenters. The average Bonchev–Trinajstić information content (AvgIpc) is 2.46. The molecule has 9 nitrogen and oxygen atoms in total. The van der Waals surface area contributed by atoms with E-state index >= 15 is 0 Å². The fraction of sp³-hybridized carbons (Fsp3) is 0.571. The van der Waals surface area contributed by atoms with Crippen LogP contribution in [0.2, 0.25) is 0 Å². The lowest BCUT2D eigenvalue weighted by atomic mass is 10.1. The molecule has 0 spiro atoms. The van der Waals surface area contributed by atoms with Crippen molar-refractivity contribution in [3.63, 3.8) is 0 Å². The molecule has 0 aliphatic carbocycles. The first-order chi connectivity index (χ1) is 10.9. The molecule has 0 bridgehead atoms. The molecule has 1 unspecified atom stereocenters. The van der Waals surface area contributed by atoms with Crippen LogP contribution < -0.4 is 15.5 Å². The van der Waals surface area contributed by atoms with E-state index in [0.717, 1.165) is 0 Å². The summed E-state index contributed by atoms with van der Waals surface area (Å²) >= 11 is 0. The van der Waals surface area contributed by atoms with Gasteiger partial charge in [-0.3, -0.25) is 10.1 Å². The van der Waals surface area contributed by atoms with Gasteiger partial charge in [-0.25, -0.2) is 9.78 Å². The minimum absolute atomic E-state index is 0.0261. The second-order valence-corrected chi connectivity index (χ2v) is 5.46. The summed E-state index contributed by atoms with van der Waals surface area (Å²) in [6, 6.07) is 0.0273. The number of nitrogens with zero attached hydrogens (tertiary/aromatic N) is 3. The highest BCUT2D eigenvalue weighted by molar-refractivity contribution is 5.99. The van der Waals surface area contributed by atoms with Crippen LogP contribution in [0.25, 0.3) is 0 Å². The highest BCUT2D eigenvalue weighted by atomic mass is 16.6. The third-order valence-electron chi connectivity index (χ3n) is 3.86. The number of nitrogens with one attached hydrogen (secondary N) is 2. The Morgan fingerprint density at radius 3 is 2.83 bits per heavy atom. The van der Waals surface area contributed by atoms with Gasteiger partial charge < -0.3 is 20.6 Å². The average molecular weight is 323 g/mol. The van der Waals surface area contributed by atoms with Crippen molar-refractivity contribution in [1.82, 2.24) is 10.3 Å². The molecule has 126 valence electrons. The third-order valence-corrected chi connectivity index (χ3v) is 3.86. The lowest BCUT2D eigenvalue weighted by molar-refractivity contribution is -0.383. The van der Waals surface area contributed by atoms with Gasteiger partial charge in [-0.15, -0.1) is 0 Å². The SMILES string of the molecule is CCNc1c(C(=O)O)c(C)nc(N2CCNCC2C)c1[N+](=O)[O-]. The first-order valence-corrected chi connectivity index (χ1v) is 7.52. The predicted molar refractivity (Wildman–Crippen MR) is 86.4 cm³/mol. The Bertz CT molecular complexity index is 634. The summed E-state index contributed by atoms with van der Waals surface area (Å²) in [6.45, 7) is 7.61. The molecule has 1 aliphatic heterocycles. The maximum Gasteiger partial charge on any atom is 0.339 e. The minimum Gasteiger partial charge on any atom is -0.478 e.